The minimum atomic E-state index is -4.91. The molecule has 1 aromatic heterocycles. The molecule has 1 heterocycles. The van der Waals surface area contributed by atoms with E-state index < -0.39 is 50.3 Å². The van der Waals surface area contributed by atoms with E-state index in [1.54, 1.807) is 0 Å². The third-order valence-electron chi connectivity index (χ3n) is 3.49. The van der Waals surface area contributed by atoms with E-state index in [0.717, 1.165) is 13.4 Å². The predicted octanol–water partition coefficient (Wildman–Crippen LogP) is 2.23. The van der Waals surface area contributed by atoms with E-state index >= 15 is 0 Å². The summed E-state index contributed by atoms with van der Waals surface area (Å²) in [6.45, 7) is -0.645. The maximum atomic E-state index is 13.0. The Hall–Kier alpha value is -2.74. The second kappa shape index (κ2) is 8.95. The number of carbonyl (C=O) groups excluding carboxylic acids is 1. The quantitative estimate of drug-likeness (QED) is 0.461. The minimum Gasteiger partial charge on any atom is -0.468 e. The number of benzene rings is 1. The molecule has 30 heavy (non-hydrogen) atoms. The van der Waals surface area contributed by atoms with Crippen LogP contribution in [0.5, 0.6) is 0 Å². The SMILES string of the molecule is COC(=O)CN=C(/C(Br)=C(\N)C(F)(F)F)c1nc(-c2cccc(S(C)(=O)=O)c2)no1. The molecule has 0 spiro atoms. The normalized spacial score (nSPS) is 13.7. The lowest BCUT2D eigenvalue weighted by Gasteiger charge is -2.10. The monoisotopic (exact) mass is 510 g/mol. The van der Waals surface area contributed by atoms with Crippen molar-refractivity contribution in [2.24, 2.45) is 10.7 Å². The zero-order valence-electron chi connectivity index (χ0n) is 15.4. The third kappa shape index (κ3) is 5.66. The first kappa shape index (κ1) is 23.5. The van der Waals surface area contributed by atoms with E-state index in [1.807, 2.05) is 0 Å². The van der Waals surface area contributed by atoms with Crippen LogP contribution in [0.2, 0.25) is 0 Å². The number of nitrogens with two attached hydrogens (primary N) is 1. The third-order valence-corrected chi connectivity index (χ3v) is 5.41. The molecule has 14 heteroatoms. The molecule has 2 aromatic rings. The van der Waals surface area contributed by atoms with Crippen LogP contribution >= 0.6 is 15.9 Å². The fraction of sp³-hybridized carbons (Fsp3) is 0.250. The van der Waals surface area contributed by atoms with Crippen LogP contribution in [0, 0.1) is 0 Å². The second-order valence-electron chi connectivity index (χ2n) is 5.69. The van der Waals surface area contributed by atoms with Gasteiger partial charge in [0.15, 0.2) is 9.84 Å². The van der Waals surface area contributed by atoms with Crippen molar-refractivity contribution in [3.63, 3.8) is 0 Å². The second-order valence-corrected chi connectivity index (χ2v) is 8.50. The van der Waals surface area contributed by atoms with Crippen molar-refractivity contribution in [2.75, 3.05) is 19.9 Å². The molecular formula is C16H14BrF3N4O5S. The first-order valence-corrected chi connectivity index (χ1v) is 10.5. The summed E-state index contributed by atoms with van der Waals surface area (Å²) in [6.07, 6.45) is -3.90. The molecule has 0 saturated carbocycles. The first-order chi connectivity index (χ1) is 13.8. The van der Waals surface area contributed by atoms with Crippen molar-refractivity contribution in [2.45, 2.75) is 11.1 Å². The number of aromatic nitrogens is 2. The Balaban J connectivity index is 2.55. The van der Waals surface area contributed by atoms with Gasteiger partial charge in [-0.2, -0.15) is 18.2 Å². The zero-order valence-corrected chi connectivity index (χ0v) is 17.8. The summed E-state index contributed by atoms with van der Waals surface area (Å²) in [5.41, 5.74) is 3.27. The van der Waals surface area contributed by atoms with E-state index in [-0.39, 0.29) is 16.3 Å². The summed E-state index contributed by atoms with van der Waals surface area (Å²) in [7, 11) is -2.45. The van der Waals surface area contributed by atoms with Crippen molar-refractivity contribution < 1.29 is 35.6 Å². The largest absolute Gasteiger partial charge is 0.468 e. The number of allylic oxidation sites excluding steroid dienone is 2. The van der Waals surface area contributed by atoms with Crippen LogP contribution in [-0.4, -0.2) is 56.3 Å². The highest BCUT2D eigenvalue weighted by molar-refractivity contribution is 9.12. The molecule has 0 unspecified atom stereocenters. The molecule has 0 atom stereocenters. The molecule has 2 rings (SSSR count). The number of methoxy groups -OCH3 is 1. The van der Waals surface area contributed by atoms with Gasteiger partial charge in [-0.05, 0) is 28.1 Å². The molecule has 0 radical (unpaired) electrons. The van der Waals surface area contributed by atoms with E-state index in [2.05, 4.69) is 35.8 Å². The van der Waals surface area contributed by atoms with E-state index in [4.69, 9.17) is 10.3 Å². The molecule has 0 aliphatic rings. The van der Waals surface area contributed by atoms with Crippen LogP contribution in [0.3, 0.4) is 0 Å². The van der Waals surface area contributed by atoms with Gasteiger partial charge in [-0.25, -0.2) is 8.42 Å². The molecule has 0 bridgehead atoms. The Labute approximate surface area is 176 Å². The molecule has 0 amide bonds. The number of aliphatic imine (C=N–C) groups is 1. The van der Waals surface area contributed by atoms with Crippen molar-refractivity contribution in [1.82, 2.24) is 10.1 Å². The highest BCUT2D eigenvalue weighted by Gasteiger charge is 2.36. The molecule has 0 fully saturated rings. The summed E-state index contributed by atoms with van der Waals surface area (Å²) in [4.78, 5) is 19.0. The van der Waals surface area contributed by atoms with Crippen LogP contribution < -0.4 is 5.73 Å². The Morgan fingerprint density at radius 1 is 1.37 bits per heavy atom. The van der Waals surface area contributed by atoms with Crippen LogP contribution in [0.4, 0.5) is 13.2 Å². The van der Waals surface area contributed by atoms with Gasteiger partial charge < -0.3 is 15.0 Å². The average molecular weight is 511 g/mol. The highest BCUT2D eigenvalue weighted by Crippen LogP contribution is 2.29. The van der Waals surface area contributed by atoms with Gasteiger partial charge in [0.2, 0.25) is 5.82 Å². The first-order valence-electron chi connectivity index (χ1n) is 7.83. The average Bonchev–Trinajstić information content (AvgIpc) is 3.15. The number of sulfone groups is 1. The van der Waals surface area contributed by atoms with E-state index in [9.17, 15) is 26.4 Å². The van der Waals surface area contributed by atoms with Gasteiger partial charge in [0.05, 0.1) is 16.5 Å². The zero-order chi connectivity index (χ0) is 22.7. The smallest absolute Gasteiger partial charge is 0.431 e. The van der Waals surface area contributed by atoms with Gasteiger partial charge in [-0.3, -0.25) is 9.79 Å². The topological polar surface area (TPSA) is 138 Å². The molecule has 2 N–H and O–H groups in total. The van der Waals surface area contributed by atoms with Gasteiger partial charge in [-0.15, -0.1) is 0 Å². The number of carbonyl (C=O) groups is 1. The summed E-state index contributed by atoms with van der Waals surface area (Å²) in [6, 6.07) is 5.53. The number of alkyl halides is 3. The highest BCUT2D eigenvalue weighted by atomic mass is 79.9. The van der Waals surface area contributed by atoms with Crippen LogP contribution in [-0.2, 0) is 19.4 Å². The molecule has 1 aromatic carbocycles. The Morgan fingerprint density at radius 2 is 2.03 bits per heavy atom. The maximum Gasteiger partial charge on any atom is 0.431 e. The summed E-state index contributed by atoms with van der Waals surface area (Å²) >= 11 is 2.70. The lowest BCUT2D eigenvalue weighted by molar-refractivity contribution is -0.138. The van der Waals surface area contributed by atoms with Gasteiger partial charge in [0.25, 0.3) is 5.89 Å². The summed E-state index contributed by atoms with van der Waals surface area (Å²) in [5, 5.41) is 3.64. The number of halogens is 4. The van der Waals surface area contributed by atoms with E-state index in [0.29, 0.717) is 0 Å². The number of hydrogen-bond acceptors (Lipinski definition) is 9. The van der Waals surface area contributed by atoms with Crippen LogP contribution in [0.15, 0.2) is 48.9 Å². The number of esters is 1. The summed E-state index contributed by atoms with van der Waals surface area (Å²) in [5.74, 6) is -1.44. The van der Waals surface area contributed by atoms with Crippen molar-refractivity contribution in [1.29, 1.82) is 0 Å². The fourth-order valence-corrected chi connectivity index (χ4v) is 3.18. The van der Waals surface area contributed by atoms with Crippen LogP contribution in [0.25, 0.3) is 11.4 Å². The van der Waals surface area contributed by atoms with Gasteiger partial charge >= 0.3 is 12.1 Å². The molecule has 0 saturated heterocycles. The minimum absolute atomic E-state index is 0.0201. The summed E-state index contributed by atoms with van der Waals surface area (Å²) < 4.78 is 71.0. The molecular weight excluding hydrogens is 497 g/mol. The number of ether oxygens (including phenoxy) is 1. The Bertz CT molecular complexity index is 1130. The van der Waals surface area contributed by atoms with Crippen LogP contribution in [0.1, 0.15) is 5.89 Å². The number of nitrogens with zero attached hydrogens (tertiary/aromatic N) is 3. The Morgan fingerprint density at radius 3 is 2.60 bits per heavy atom. The number of rotatable bonds is 6. The lowest BCUT2D eigenvalue weighted by Crippen LogP contribution is -2.23. The fourth-order valence-electron chi connectivity index (χ4n) is 1.99. The van der Waals surface area contributed by atoms with E-state index in [1.165, 1.54) is 24.3 Å². The molecule has 0 aliphatic heterocycles. The molecule has 9 nitrogen and oxygen atoms in total. The number of hydrogen-bond donors (Lipinski definition) is 1. The van der Waals surface area contributed by atoms with Crippen molar-refractivity contribution in [3.8, 4) is 11.4 Å². The molecule has 0 aliphatic carbocycles. The lowest BCUT2D eigenvalue weighted by atomic mass is 10.2. The van der Waals surface area contributed by atoms with Gasteiger partial charge in [0.1, 0.15) is 18.0 Å². The van der Waals surface area contributed by atoms with Gasteiger partial charge in [0, 0.05) is 11.8 Å². The van der Waals surface area contributed by atoms with Gasteiger partial charge in [-0.1, -0.05) is 17.3 Å². The van der Waals surface area contributed by atoms with Crippen molar-refractivity contribution >= 4 is 37.4 Å². The van der Waals surface area contributed by atoms with Crippen molar-refractivity contribution in [3.05, 3.63) is 40.3 Å². The maximum absolute atomic E-state index is 13.0. The molecule has 162 valence electrons. The Kier molecular flexibility index (Phi) is 7.02. The standard InChI is InChI=1S/C16H14BrF3N4O5S/c1-28-10(25)7-22-12(11(17)13(21)16(18,19)20)15-23-14(24-29-15)8-4-3-5-9(6-8)30(2,26)27/h3-6H,7,21H2,1-2H3/b13-11+,22-12?. The predicted molar refractivity (Wildman–Crippen MR) is 102 cm³/mol.